The van der Waals surface area contributed by atoms with Crippen LogP contribution in [0.1, 0.15) is 29.0 Å². The van der Waals surface area contributed by atoms with Gasteiger partial charge in [0.1, 0.15) is 11.6 Å². The molecule has 0 spiro atoms. The molecule has 0 saturated heterocycles. The van der Waals surface area contributed by atoms with Crippen LogP contribution in [0.25, 0.3) is 0 Å². The van der Waals surface area contributed by atoms with E-state index in [1.165, 1.54) is 17.7 Å². The lowest BCUT2D eigenvalue weighted by molar-refractivity contribution is -0.123. The summed E-state index contributed by atoms with van der Waals surface area (Å²) in [5, 5.41) is 5.06. The molecule has 0 bridgehead atoms. The predicted molar refractivity (Wildman–Crippen MR) is 122 cm³/mol. The molecule has 168 valence electrons. The molecular formula is C23H19ClFN5O3. The van der Waals surface area contributed by atoms with Crippen LogP contribution in [0, 0.1) is 5.82 Å². The zero-order valence-corrected chi connectivity index (χ0v) is 18.1. The molecule has 0 unspecified atom stereocenters. The summed E-state index contributed by atoms with van der Waals surface area (Å²) in [6, 6.07) is 11.8. The summed E-state index contributed by atoms with van der Waals surface area (Å²) >= 11 is 5.78. The van der Waals surface area contributed by atoms with E-state index in [0.717, 1.165) is 18.1 Å². The third-order valence-electron chi connectivity index (χ3n) is 5.87. The second-order valence-electron chi connectivity index (χ2n) is 8.02. The highest BCUT2D eigenvalue weighted by Gasteiger charge is 2.35. The van der Waals surface area contributed by atoms with Gasteiger partial charge in [0.2, 0.25) is 17.8 Å². The van der Waals surface area contributed by atoms with E-state index in [1.54, 1.807) is 0 Å². The van der Waals surface area contributed by atoms with E-state index in [1.807, 2.05) is 23.1 Å². The van der Waals surface area contributed by atoms with Crippen LogP contribution in [0.4, 0.5) is 21.8 Å². The van der Waals surface area contributed by atoms with Crippen LogP contribution in [0.3, 0.4) is 0 Å². The highest BCUT2D eigenvalue weighted by Crippen LogP contribution is 2.31. The maximum Gasteiger partial charge on any atom is 0.258 e. The molecule has 2 amide bonds. The number of nitrogens with one attached hydrogen (secondary N) is 3. The van der Waals surface area contributed by atoms with Crippen molar-refractivity contribution in [3.8, 4) is 0 Å². The summed E-state index contributed by atoms with van der Waals surface area (Å²) in [5.74, 6) is -2.27. The number of halogens is 2. The van der Waals surface area contributed by atoms with Gasteiger partial charge in [0, 0.05) is 25.2 Å². The van der Waals surface area contributed by atoms with Gasteiger partial charge in [-0.1, -0.05) is 35.9 Å². The van der Waals surface area contributed by atoms with E-state index in [0.29, 0.717) is 19.0 Å². The maximum absolute atomic E-state index is 13.4. The summed E-state index contributed by atoms with van der Waals surface area (Å²) in [6.45, 7) is 1.23. The molecule has 3 N–H and O–H groups in total. The molecule has 3 heterocycles. The summed E-state index contributed by atoms with van der Waals surface area (Å²) in [6.07, 6.45) is 0.587. The van der Waals surface area contributed by atoms with Gasteiger partial charge in [0.15, 0.2) is 0 Å². The van der Waals surface area contributed by atoms with Crippen molar-refractivity contribution in [2.75, 3.05) is 22.1 Å². The second kappa shape index (κ2) is 8.32. The van der Waals surface area contributed by atoms with Gasteiger partial charge in [0.05, 0.1) is 16.5 Å². The third-order valence-corrected chi connectivity index (χ3v) is 6.16. The predicted octanol–water partition coefficient (Wildman–Crippen LogP) is 3.19. The van der Waals surface area contributed by atoms with E-state index < -0.39 is 29.1 Å². The number of benzene rings is 2. The van der Waals surface area contributed by atoms with Crippen molar-refractivity contribution < 1.29 is 14.0 Å². The molecule has 2 aliphatic heterocycles. The van der Waals surface area contributed by atoms with Crippen LogP contribution in [-0.2, 0) is 22.6 Å². The highest BCUT2D eigenvalue weighted by molar-refractivity contribution is 6.31. The van der Waals surface area contributed by atoms with Crippen LogP contribution in [0.15, 0.2) is 47.3 Å². The average molecular weight is 468 g/mol. The molecule has 0 fully saturated rings. The number of rotatable bonds is 3. The Bertz CT molecular complexity index is 1340. The minimum absolute atomic E-state index is 0.0705. The monoisotopic (exact) mass is 467 g/mol. The van der Waals surface area contributed by atoms with Crippen molar-refractivity contribution in [1.82, 2.24) is 9.97 Å². The largest absolute Gasteiger partial charge is 0.338 e. The Morgan fingerprint density at radius 1 is 1.18 bits per heavy atom. The molecule has 2 aliphatic rings. The lowest BCUT2D eigenvalue weighted by Gasteiger charge is -2.30. The van der Waals surface area contributed by atoms with E-state index in [9.17, 15) is 18.8 Å². The number of carbonyl (C=O) groups is 2. The van der Waals surface area contributed by atoms with E-state index >= 15 is 0 Å². The Kier molecular flexibility index (Phi) is 5.33. The highest BCUT2D eigenvalue weighted by atomic mass is 35.5. The minimum Gasteiger partial charge on any atom is -0.338 e. The molecule has 8 nitrogen and oxygen atoms in total. The number of aromatic nitrogens is 2. The minimum atomic E-state index is -1.05. The molecule has 10 heteroatoms. The van der Waals surface area contributed by atoms with Crippen molar-refractivity contribution in [2.24, 2.45) is 0 Å². The van der Waals surface area contributed by atoms with Gasteiger partial charge >= 0.3 is 0 Å². The fraction of sp³-hybridized carbons (Fsp3) is 0.217. The zero-order chi connectivity index (χ0) is 23.1. The molecular weight excluding hydrogens is 449 g/mol. The van der Waals surface area contributed by atoms with Crippen molar-refractivity contribution in [3.63, 3.8) is 0 Å². The first kappa shape index (κ1) is 21.1. The van der Waals surface area contributed by atoms with Crippen LogP contribution in [-0.4, -0.2) is 28.3 Å². The van der Waals surface area contributed by atoms with Crippen LogP contribution < -0.4 is 21.1 Å². The fourth-order valence-electron chi connectivity index (χ4n) is 4.21. The smallest absolute Gasteiger partial charge is 0.258 e. The normalized spacial score (nSPS) is 17.1. The Morgan fingerprint density at radius 2 is 1.97 bits per heavy atom. The molecule has 0 radical (unpaired) electrons. The number of hydrogen-bond acceptors (Lipinski definition) is 5. The molecule has 3 aromatic rings. The zero-order valence-electron chi connectivity index (χ0n) is 17.3. The average Bonchev–Trinajstić information content (AvgIpc) is 2.80. The Hall–Kier alpha value is -3.72. The first-order chi connectivity index (χ1) is 15.9. The van der Waals surface area contributed by atoms with Crippen LogP contribution >= 0.6 is 11.6 Å². The van der Waals surface area contributed by atoms with Crippen LogP contribution in [0.2, 0.25) is 5.02 Å². The molecule has 1 aromatic heterocycles. The number of carbonyl (C=O) groups excluding carboxylic acids is 2. The number of amides is 2. The SMILES string of the molecule is O=C1C[C@H](C(=O)Nc2ccc(F)c(Cl)c2)c2c(nc(N3CCc4ccccc4C3)[nH]c2=O)N1. The first-order valence-corrected chi connectivity index (χ1v) is 10.8. The maximum atomic E-state index is 13.4. The van der Waals surface area contributed by atoms with Gasteiger partial charge in [-0.25, -0.2) is 4.39 Å². The Balaban J connectivity index is 1.44. The summed E-state index contributed by atoms with van der Waals surface area (Å²) in [4.78, 5) is 47.5. The summed E-state index contributed by atoms with van der Waals surface area (Å²) in [7, 11) is 0. The van der Waals surface area contributed by atoms with E-state index in [2.05, 4.69) is 26.7 Å². The number of H-pyrrole nitrogens is 1. The third kappa shape index (κ3) is 4.07. The van der Waals surface area contributed by atoms with Crippen LogP contribution in [0.5, 0.6) is 0 Å². The quantitative estimate of drug-likeness (QED) is 0.548. The van der Waals surface area contributed by atoms with Gasteiger partial charge < -0.3 is 15.5 Å². The number of hydrogen-bond donors (Lipinski definition) is 3. The number of fused-ring (bicyclic) bond motifs is 2. The molecule has 1 atom stereocenters. The van der Waals surface area contributed by atoms with Crippen molar-refractivity contribution in [3.05, 3.63) is 80.3 Å². The lowest BCUT2D eigenvalue weighted by atomic mass is 9.92. The first-order valence-electron chi connectivity index (χ1n) is 10.4. The van der Waals surface area contributed by atoms with Gasteiger partial charge in [-0.2, -0.15) is 4.98 Å². The molecule has 0 saturated carbocycles. The second-order valence-corrected chi connectivity index (χ2v) is 8.42. The van der Waals surface area contributed by atoms with Gasteiger partial charge in [-0.3, -0.25) is 19.4 Å². The number of aromatic amines is 1. The number of anilines is 3. The molecule has 2 aromatic carbocycles. The van der Waals surface area contributed by atoms with E-state index in [-0.39, 0.29) is 28.5 Å². The molecule has 33 heavy (non-hydrogen) atoms. The molecule has 0 aliphatic carbocycles. The fourth-order valence-corrected chi connectivity index (χ4v) is 4.39. The molecule has 5 rings (SSSR count). The summed E-state index contributed by atoms with van der Waals surface area (Å²) in [5.41, 5.74) is 2.24. The van der Waals surface area contributed by atoms with Crippen molar-refractivity contribution in [1.29, 1.82) is 0 Å². The Labute approximate surface area is 192 Å². The topological polar surface area (TPSA) is 107 Å². The number of nitrogens with zero attached hydrogens (tertiary/aromatic N) is 2. The van der Waals surface area contributed by atoms with Gasteiger partial charge in [-0.05, 0) is 35.7 Å². The van der Waals surface area contributed by atoms with Gasteiger partial charge in [0.25, 0.3) is 5.56 Å². The standard InChI is InChI=1S/C23H19ClFN5O3/c24-16-9-14(5-6-17(16)25)26-21(32)15-10-18(31)27-20-19(15)22(33)29-23(28-20)30-8-7-12-3-1-2-4-13(12)11-30/h1-6,9,15H,7-8,10-11H2,(H,26,32)(H2,27,28,29,31,33)/t15-/m0/s1. The van der Waals surface area contributed by atoms with Crippen molar-refractivity contribution in [2.45, 2.75) is 25.3 Å². The van der Waals surface area contributed by atoms with Gasteiger partial charge in [-0.15, -0.1) is 0 Å². The lowest BCUT2D eigenvalue weighted by Crippen LogP contribution is -2.38. The Morgan fingerprint density at radius 3 is 2.76 bits per heavy atom. The van der Waals surface area contributed by atoms with Crippen molar-refractivity contribution >= 4 is 40.9 Å². The summed E-state index contributed by atoms with van der Waals surface area (Å²) < 4.78 is 13.4. The van der Waals surface area contributed by atoms with E-state index in [4.69, 9.17) is 11.6 Å².